The molecule has 9 heteroatoms. The van der Waals surface area contributed by atoms with Gasteiger partial charge in [0, 0.05) is 29.0 Å². The van der Waals surface area contributed by atoms with Crippen LogP contribution in [0, 0.1) is 0 Å². The summed E-state index contributed by atoms with van der Waals surface area (Å²) in [6.45, 7) is 0. The molecule has 0 fully saturated rings. The van der Waals surface area contributed by atoms with E-state index in [0.717, 1.165) is 0 Å². The Labute approximate surface area is 151 Å². The summed E-state index contributed by atoms with van der Waals surface area (Å²) < 4.78 is 5.14. The van der Waals surface area contributed by atoms with Crippen LogP contribution in [0.3, 0.4) is 0 Å². The van der Waals surface area contributed by atoms with Gasteiger partial charge in [-0.1, -0.05) is 40.0 Å². The summed E-state index contributed by atoms with van der Waals surface area (Å²) in [5.41, 5.74) is 6.20. The Morgan fingerprint density at radius 1 is 1.12 bits per heavy atom. The molecule has 24 heavy (non-hydrogen) atoms. The molecule has 1 amide bonds. The highest BCUT2D eigenvalue weighted by Crippen LogP contribution is 2.33. The zero-order valence-electron chi connectivity index (χ0n) is 11.9. The number of rotatable bonds is 4. The topological polar surface area (TPSA) is 80.0 Å². The number of halogens is 3. The quantitative estimate of drug-likeness (QED) is 0.650. The Kier molecular flexibility index (Phi) is 4.89. The summed E-state index contributed by atoms with van der Waals surface area (Å²) in [6, 6.07) is 8.05. The molecule has 122 valence electrons. The molecule has 3 aromatic rings. The average Bonchev–Trinajstić information content (AvgIpc) is 3.04. The first-order valence-corrected chi connectivity index (χ1v) is 7.76. The molecule has 0 atom stereocenters. The van der Waals surface area contributed by atoms with Crippen molar-refractivity contribution in [3.63, 3.8) is 0 Å². The maximum absolute atomic E-state index is 12.1. The molecule has 0 bridgehead atoms. The molecule has 0 unspecified atom stereocenters. The molecule has 0 saturated carbocycles. The van der Waals surface area contributed by atoms with Crippen molar-refractivity contribution in [2.45, 2.75) is 0 Å². The van der Waals surface area contributed by atoms with Crippen LogP contribution < -0.4 is 10.9 Å². The largest absolute Gasteiger partial charge is 0.355 e. The maximum atomic E-state index is 12.1. The van der Waals surface area contributed by atoms with Gasteiger partial charge in [0.05, 0.1) is 15.7 Å². The van der Waals surface area contributed by atoms with Crippen molar-refractivity contribution in [1.29, 1.82) is 0 Å². The van der Waals surface area contributed by atoms with Gasteiger partial charge in [-0.25, -0.2) is 0 Å². The number of amides is 1. The number of aromatic nitrogens is 2. The molecule has 0 spiro atoms. The average molecular weight is 384 g/mol. The number of pyridine rings is 1. The molecule has 0 aliphatic heterocycles. The number of hydrogen-bond donors (Lipinski definition) is 2. The lowest BCUT2D eigenvalue weighted by Gasteiger charge is -2.11. The van der Waals surface area contributed by atoms with Crippen molar-refractivity contribution >= 4 is 46.4 Å². The van der Waals surface area contributed by atoms with Gasteiger partial charge in [0.1, 0.15) is 0 Å². The van der Waals surface area contributed by atoms with Crippen molar-refractivity contribution in [2.24, 2.45) is 0 Å². The fourth-order valence-electron chi connectivity index (χ4n) is 1.87. The Morgan fingerprint density at radius 2 is 1.88 bits per heavy atom. The molecule has 1 aromatic carbocycles. The van der Waals surface area contributed by atoms with Crippen molar-refractivity contribution < 1.29 is 9.32 Å². The fourth-order valence-corrected chi connectivity index (χ4v) is 2.78. The highest BCUT2D eigenvalue weighted by atomic mass is 35.5. The highest BCUT2D eigenvalue weighted by Gasteiger charge is 2.15. The van der Waals surface area contributed by atoms with Gasteiger partial charge in [0.25, 0.3) is 5.91 Å². The Morgan fingerprint density at radius 3 is 2.54 bits per heavy atom. The Bertz CT molecular complexity index is 860. The van der Waals surface area contributed by atoms with Gasteiger partial charge in [-0.3, -0.25) is 20.6 Å². The molecule has 0 saturated heterocycles. The number of carbonyl (C=O) groups is 1. The van der Waals surface area contributed by atoms with Gasteiger partial charge in [-0.2, -0.15) is 0 Å². The van der Waals surface area contributed by atoms with E-state index in [9.17, 15) is 4.79 Å². The Hall–Kier alpha value is -2.28. The molecule has 0 aliphatic rings. The molecular formula is C15H9Cl3N4O2. The summed E-state index contributed by atoms with van der Waals surface area (Å²) in [4.78, 5) is 16.1. The van der Waals surface area contributed by atoms with E-state index in [0.29, 0.717) is 22.0 Å². The van der Waals surface area contributed by atoms with E-state index in [-0.39, 0.29) is 15.7 Å². The minimum atomic E-state index is -0.518. The van der Waals surface area contributed by atoms with E-state index in [1.807, 2.05) is 0 Å². The highest BCUT2D eigenvalue weighted by molar-refractivity contribution is 6.41. The zero-order chi connectivity index (χ0) is 17.1. The second-order valence-electron chi connectivity index (χ2n) is 4.64. The third-order valence-corrected chi connectivity index (χ3v) is 3.81. The monoisotopic (exact) mass is 382 g/mol. The van der Waals surface area contributed by atoms with Gasteiger partial charge >= 0.3 is 0 Å². The zero-order valence-corrected chi connectivity index (χ0v) is 14.2. The van der Waals surface area contributed by atoms with E-state index in [2.05, 4.69) is 21.0 Å². The van der Waals surface area contributed by atoms with Crippen LogP contribution in [0.15, 0.2) is 47.2 Å². The predicted octanol–water partition coefficient (Wildman–Crippen LogP) is 4.45. The molecule has 2 N–H and O–H groups in total. The second-order valence-corrected chi connectivity index (χ2v) is 5.89. The molecule has 2 heterocycles. The Balaban J connectivity index is 1.71. The van der Waals surface area contributed by atoms with E-state index < -0.39 is 5.91 Å². The first kappa shape index (κ1) is 16.6. The van der Waals surface area contributed by atoms with E-state index >= 15 is 0 Å². The normalized spacial score (nSPS) is 10.5. The molecule has 3 rings (SSSR count). The van der Waals surface area contributed by atoms with Crippen LogP contribution in [0.5, 0.6) is 0 Å². The van der Waals surface area contributed by atoms with Gasteiger partial charge in [-0.05, 0) is 24.3 Å². The van der Waals surface area contributed by atoms with Crippen molar-refractivity contribution in [3.05, 3.63) is 63.5 Å². The second kappa shape index (κ2) is 7.09. The number of benzene rings is 1. The van der Waals surface area contributed by atoms with E-state index in [1.54, 1.807) is 24.5 Å². The van der Waals surface area contributed by atoms with Gasteiger partial charge in [-0.15, -0.1) is 0 Å². The molecular weight excluding hydrogens is 375 g/mol. The minimum Gasteiger partial charge on any atom is -0.355 e. The molecule has 0 aliphatic carbocycles. The van der Waals surface area contributed by atoms with Crippen LogP contribution in [0.2, 0.25) is 15.1 Å². The molecule has 6 nitrogen and oxygen atoms in total. The minimum absolute atomic E-state index is 0.0857. The van der Waals surface area contributed by atoms with Crippen molar-refractivity contribution in [3.8, 4) is 11.3 Å². The lowest BCUT2D eigenvalue weighted by atomic mass is 10.2. The number of nitrogens with zero attached hydrogens (tertiary/aromatic N) is 2. The van der Waals surface area contributed by atoms with Crippen LogP contribution in [0.1, 0.15) is 10.5 Å². The number of carbonyl (C=O) groups excluding carboxylic acids is 1. The third kappa shape index (κ3) is 3.62. The van der Waals surface area contributed by atoms with Crippen LogP contribution in [0.25, 0.3) is 11.3 Å². The maximum Gasteiger partial charge on any atom is 0.291 e. The predicted molar refractivity (Wildman–Crippen MR) is 92.3 cm³/mol. The molecule has 2 aromatic heterocycles. The van der Waals surface area contributed by atoms with Crippen LogP contribution in [-0.4, -0.2) is 16.0 Å². The lowest BCUT2D eigenvalue weighted by Crippen LogP contribution is -2.29. The standard InChI is InChI=1S/C15H9Cl3N4O2/c16-9-4-10(17)14(11(18)5-9)20-21-15(23)12-6-13(24-22-12)8-2-1-3-19-7-8/h1-7,20H,(H,21,23). The van der Waals surface area contributed by atoms with Crippen LogP contribution >= 0.6 is 34.8 Å². The number of hydrogen-bond acceptors (Lipinski definition) is 5. The van der Waals surface area contributed by atoms with Gasteiger partial charge < -0.3 is 4.52 Å². The van der Waals surface area contributed by atoms with Crippen molar-refractivity contribution in [1.82, 2.24) is 15.6 Å². The first-order valence-electron chi connectivity index (χ1n) is 6.62. The summed E-state index contributed by atoms with van der Waals surface area (Å²) in [5.74, 6) is -0.0909. The number of nitrogens with one attached hydrogen (secondary N) is 2. The summed E-state index contributed by atoms with van der Waals surface area (Å²) >= 11 is 17.9. The van der Waals surface area contributed by atoms with Crippen LogP contribution in [-0.2, 0) is 0 Å². The van der Waals surface area contributed by atoms with Gasteiger partial charge in [0.15, 0.2) is 11.5 Å². The van der Waals surface area contributed by atoms with Gasteiger partial charge in [0.2, 0.25) is 0 Å². The number of anilines is 1. The fraction of sp³-hybridized carbons (Fsp3) is 0. The lowest BCUT2D eigenvalue weighted by molar-refractivity contribution is 0.0954. The SMILES string of the molecule is O=C(NNc1c(Cl)cc(Cl)cc1Cl)c1cc(-c2cccnc2)on1. The van der Waals surface area contributed by atoms with Crippen LogP contribution in [0.4, 0.5) is 5.69 Å². The smallest absolute Gasteiger partial charge is 0.291 e. The van der Waals surface area contributed by atoms with Crippen molar-refractivity contribution in [2.75, 3.05) is 5.43 Å². The third-order valence-electron chi connectivity index (χ3n) is 3.00. The first-order chi connectivity index (χ1) is 11.5. The summed E-state index contributed by atoms with van der Waals surface area (Å²) in [5, 5.41) is 4.65. The van der Waals surface area contributed by atoms with E-state index in [1.165, 1.54) is 18.2 Å². The number of hydrazine groups is 1. The van der Waals surface area contributed by atoms with E-state index in [4.69, 9.17) is 39.3 Å². The summed E-state index contributed by atoms with van der Waals surface area (Å²) in [6.07, 6.45) is 3.24. The summed E-state index contributed by atoms with van der Waals surface area (Å²) in [7, 11) is 0. The molecule has 0 radical (unpaired) electrons.